The molecule has 5 rings (SSSR count). The number of rotatable bonds is 7. The highest BCUT2D eigenvalue weighted by Crippen LogP contribution is 2.34. The molecule has 2 fully saturated rings. The monoisotopic (exact) mass is 510 g/mol. The van der Waals surface area contributed by atoms with Gasteiger partial charge in [-0.25, -0.2) is 13.4 Å². The molecule has 1 aromatic carbocycles. The maximum Gasteiger partial charge on any atom is 0.244 e. The molecular formula is C25H30N6O4S. The van der Waals surface area contributed by atoms with Crippen molar-refractivity contribution in [2.75, 3.05) is 30.8 Å². The SMILES string of the molecule is CS(=O)(=O)c1ccc(CN2CCCC2c2nc(-c3ccnc(N4CCC(C(N)=O)CC4)c3)no2)cc1. The first-order valence-corrected chi connectivity index (χ1v) is 14.0. The highest BCUT2D eigenvalue weighted by molar-refractivity contribution is 7.90. The van der Waals surface area contributed by atoms with Gasteiger partial charge >= 0.3 is 0 Å². The summed E-state index contributed by atoms with van der Waals surface area (Å²) in [5.74, 6) is 1.61. The Morgan fingerprint density at radius 3 is 2.56 bits per heavy atom. The van der Waals surface area contributed by atoms with Crippen molar-refractivity contribution < 1.29 is 17.7 Å². The first-order chi connectivity index (χ1) is 17.3. The van der Waals surface area contributed by atoms with Crippen LogP contribution in [0.4, 0.5) is 5.82 Å². The number of anilines is 1. The zero-order chi connectivity index (χ0) is 25.3. The van der Waals surface area contributed by atoms with Crippen molar-refractivity contribution in [2.24, 2.45) is 11.7 Å². The average Bonchev–Trinajstić information content (AvgIpc) is 3.54. The molecule has 2 aliphatic heterocycles. The lowest BCUT2D eigenvalue weighted by atomic mass is 9.96. The number of sulfone groups is 1. The first kappa shape index (κ1) is 24.4. The number of hydrogen-bond donors (Lipinski definition) is 1. The summed E-state index contributed by atoms with van der Waals surface area (Å²) in [6, 6.07) is 10.8. The van der Waals surface area contributed by atoms with Crippen LogP contribution in [0.1, 0.15) is 43.2 Å². The predicted molar refractivity (Wildman–Crippen MR) is 134 cm³/mol. The Labute approximate surface area is 210 Å². The summed E-state index contributed by atoms with van der Waals surface area (Å²) in [6.45, 7) is 3.03. The molecule has 1 atom stereocenters. The molecule has 2 N–H and O–H groups in total. The van der Waals surface area contributed by atoms with Crippen molar-refractivity contribution in [3.8, 4) is 11.4 Å². The molecule has 2 aliphatic rings. The third kappa shape index (κ3) is 5.26. The minimum atomic E-state index is -3.21. The molecule has 4 heterocycles. The number of likely N-dealkylation sites (tertiary alicyclic amines) is 1. The summed E-state index contributed by atoms with van der Waals surface area (Å²) in [6.07, 6.45) is 6.33. The second-order valence-corrected chi connectivity index (χ2v) is 11.6. The Bertz CT molecular complexity index is 1330. The molecular weight excluding hydrogens is 480 g/mol. The summed E-state index contributed by atoms with van der Waals surface area (Å²) in [5.41, 5.74) is 7.32. The minimum Gasteiger partial charge on any atom is -0.369 e. The van der Waals surface area contributed by atoms with Gasteiger partial charge in [-0.1, -0.05) is 17.3 Å². The molecule has 0 aliphatic carbocycles. The molecule has 1 amide bonds. The second kappa shape index (κ2) is 9.98. The Morgan fingerprint density at radius 2 is 1.86 bits per heavy atom. The van der Waals surface area contributed by atoms with Gasteiger partial charge in [-0.05, 0) is 62.1 Å². The summed E-state index contributed by atoms with van der Waals surface area (Å²) in [5, 5.41) is 4.25. The van der Waals surface area contributed by atoms with Crippen LogP contribution < -0.4 is 10.6 Å². The lowest BCUT2D eigenvalue weighted by Gasteiger charge is -2.31. The minimum absolute atomic E-state index is 0.00923. The smallest absolute Gasteiger partial charge is 0.244 e. The zero-order valence-electron chi connectivity index (χ0n) is 20.2. The van der Waals surface area contributed by atoms with E-state index in [0.717, 1.165) is 62.3 Å². The number of hydrogen-bond acceptors (Lipinski definition) is 9. The van der Waals surface area contributed by atoms with Crippen LogP contribution in [-0.2, 0) is 21.2 Å². The first-order valence-electron chi connectivity index (χ1n) is 12.2. The fourth-order valence-electron chi connectivity index (χ4n) is 4.98. The van der Waals surface area contributed by atoms with E-state index in [1.807, 2.05) is 24.3 Å². The summed E-state index contributed by atoms with van der Waals surface area (Å²) < 4.78 is 29.2. The van der Waals surface area contributed by atoms with Crippen molar-refractivity contribution in [3.05, 3.63) is 54.0 Å². The van der Waals surface area contributed by atoms with Crippen LogP contribution in [0, 0.1) is 5.92 Å². The Hall–Kier alpha value is -3.31. The maximum atomic E-state index is 11.7. The van der Waals surface area contributed by atoms with E-state index in [1.54, 1.807) is 18.3 Å². The number of aromatic nitrogens is 3. The van der Waals surface area contributed by atoms with Crippen LogP contribution in [-0.4, -0.2) is 60.2 Å². The number of nitrogens with zero attached hydrogens (tertiary/aromatic N) is 5. The molecule has 10 nitrogen and oxygen atoms in total. The predicted octanol–water partition coefficient (Wildman–Crippen LogP) is 2.57. The highest BCUT2D eigenvalue weighted by atomic mass is 32.2. The van der Waals surface area contributed by atoms with E-state index in [0.29, 0.717) is 23.2 Å². The summed E-state index contributed by atoms with van der Waals surface area (Å²) >= 11 is 0. The van der Waals surface area contributed by atoms with Gasteiger partial charge in [0.15, 0.2) is 9.84 Å². The number of carbonyl (C=O) groups is 1. The molecule has 2 saturated heterocycles. The molecule has 36 heavy (non-hydrogen) atoms. The van der Waals surface area contributed by atoms with Crippen molar-refractivity contribution in [2.45, 2.75) is 43.2 Å². The van der Waals surface area contributed by atoms with Gasteiger partial charge in [-0.3, -0.25) is 9.69 Å². The molecule has 1 unspecified atom stereocenters. The molecule has 2 aromatic heterocycles. The fourth-order valence-corrected chi connectivity index (χ4v) is 5.61. The van der Waals surface area contributed by atoms with Gasteiger partial charge in [0, 0.05) is 43.6 Å². The van der Waals surface area contributed by atoms with Crippen LogP contribution in [0.3, 0.4) is 0 Å². The number of benzene rings is 1. The Kier molecular flexibility index (Phi) is 6.76. The van der Waals surface area contributed by atoms with Gasteiger partial charge < -0.3 is 15.2 Å². The van der Waals surface area contributed by atoms with Crippen molar-refractivity contribution >= 4 is 21.6 Å². The molecule has 3 aromatic rings. The topological polar surface area (TPSA) is 136 Å². The van der Waals surface area contributed by atoms with Gasteiger partial charge in [0.1, 0.15) is 5.82 Å². The van der Waals surface area contributed by atoms with Crippen LogP contribution in [0.5, 0.6) is 0 Å². The van der Waals surface area contributed by atoms with Crippen LogP contribution >= 0.6 is 0 Å². The average molecular weight is 511 g/mol. The van der Waals surface area contributed by atoms with E-state index in [9.17, 15) is 13.2 Å². The van der Waals surface area contributed by atoms with E-state index in [2.05, 4.69) is 19.9 Å². The maximum absolute atomic E-state index is 11.7. The van der Waals surface area contributed by atoms with E-state index < -0.39 is 9.84 Å². The summed E-state index contributed by atoms with van der Waals surface area (Å²) in [4.78, 5) is 25.4. The third-order valence-electron chi connectivity index (χ3n) is 7.05. The molecule has 0 spiro atoms. The Morgan fingerprint density at radius 1 is 1.11 bits per heavy atom. The van der Waals surface area contributed by atoms with E-state index >= 15 is 0 Å². The molecule has 0 radical (unpaired) electrons. The van der Waals surface area contributed by atoms with Gasteiger partial charge in [0.2, 0.25) is 17.6 Å². The lowest BCUT2D eigenvalue weighted by Crippen LogP contribution is -2.38. The molecule has 0 bridgehead atoms. The molecule has 190 valence electrons. The van der Waals surface area contributed by atoms with E-state index in [1.165, 1.54) is 6.26 Å². The third-order valence-corrected chi connectivity index (χ3v) is 8.18. The van der Waals surface area contributed by atoms with E-state index in [4.69, 9.17) is 15.2 Å². The van der Waals surface area contributed by atoms with Crippen LogP contribution in [0.15, 0.2) is 52.0 Å². The Balaban J connectivity index is 1.28. The quantitative estimate of drug-likeness (QED) is 0.508. The highest BCUT2D eigenvalue weighted by Gasteiger charge is 2.31. The van der Waals surface area contributed by atoms with Gasteiger partial charge in [0.05, 0.1) is 10.9 Å². The van der Waals surface area contributed by atoms with Crippen LogP contribution in [0.25, 0.3) is 11.4 Å². The van der Waals surface area contributed by atoms with Gasteiger partial charge in [0.25, 0.3) is 0 Å². The summed E-state index contributed by atoms with van der Waals surface area (Å²) in [7, 11) is -3.21. The largest absolute Gasteiger partial charge is 0.369 e. The van der Waals surface area contributed by atoms with Gasteiger partial charge in [-0.15, -0.1) is 0 Å². The van der Waals surface area contributed by atoms with Gasteiger partial charge in [-0.2, -0.15) is 4.98 Å². The normalized spacial score (nSPS) is 19.6. The second-order valence-electron chi connectivity index (χ2n) is 9.57. The molecule has 0 saturated carbocycles. The zero-order valence-corrected chi connectivity index (χ0v) is 21.0. The van der Waals surface area contributed by atoms with E-state index in [-0.39, 0.29) is 17.9 Å². The number of carbonyl (C=O) groups excluding carboxylic acids is 1. The number of primary amides is 1. The number of pyridine rings is 1. The van der Waals surface area contributed by atoms with Crippen molar-refractivity contribution in [3.63, 3.8) is 0 Å². The number of nitrogens with two attached hydrogens (primary N) is 1. The number of piperidine rings is 1. The molecule has 11 heteroatoms. The van der Waals surface area contributed by atoms with Crippen molar-refractivity contribution in [1.29, 1.82) is 0 Å². The fraction of sp³-hybridized carbons (Fsp3) is 0.440. The number of amides is 1. The van der Waals surface area contributed by atoms with Crippen molar-refractivity contribution in [1.82, 2.24) is 20.0 Å². The standard InChI is InChI=1S/C25H30N6O4S/c1-36(33,34)20-6-4-17(5-7-20)16-31-12-2-3-21(31)25-28-24(29-35-25)19-8-11-27-22(15-19)30-13-9-18(10-14-30)23(26)32/h4-8,11,15,18,21H,2-3,9-10,12-14,16H2,1H3,(H2,26,32). The lowest BCUT2D eigenvalue weighted by molar-refractivity contribution is -0.122. The van der Waals surface area contributed by atoms with Crippen LogP contribution in [0.2, 0.25) is 0 Å².